The predicted molar refractivity (Wildman–Crippen MR) is 98.5 cm³/mol. The van der Waals surface area contributed by atoms with Crippen LogP contribution in [0.5, 0.6) is 0 Å². The average Bonchev–Trinajstić information content (AvgIpc) is 3.17. The van der Waals surface area contributed by atoms with Gasteiger partial charge in [0.2, 0.25) is 0 Å². The van der Waals surface area contributed by atoms with Crippen LogP contribution >= 0.6 is 11.3 Å². The van der Waals surface area contributed by atoms with Crippen molar-refractivity contribution >= 4 is 23.1 Å². The van der Waals surface area contributed by atoms with E-state index in [0.29, 0.717) is 13.1 Å². The molecule has 124 valence electrons. The molecule has 0 aliphatic heterocycles. The SMILES string of the molecule is Cc1nn(CCNC(=O)Nc2ccccc2)c(C)c1-c1ccsc1. The van der Waals surface area contributed by atoms with E-state index in [0.717, 1.165) is 17.1 Å². The molecule has 24 heavy (non-hydrogen) atoms. The molecule has 0 atom stereocenters. The van der Waals surface area contributed by atoms with Gasteiger partial charge in [-0.1, -0.05) is 18.2 Å². The first-order chi connectivity index (χ1) is 11.6. The second-order valence-corrected chi connectivity index (χ2v) is 6.31. The molecular weight excluding hydrogens is 320 g/mol. The average molecular weight is 340 g/mol. The van der Waals surface area contributed by atoms with Gasteiger partial charge >= 0.3 is 6.03 Å². The number of nitrogens with zero attached hydrogens (tertiary/aromatic N) is 2. The van der Waals surface area contributed by atoms with Gasteiger partial charge in [0.1, 0.15) is 0 Å². The molecule has 0 spiro atoms. The Hall–Kier alpha value is -2.60. The van der Waals surface area contributed by atoms with E-state index in [4.69, 9.17) is 0 Å². The van der Waals surface area contributed by atoms with Crippen molar-refractivity contribution in [2.45, 2.75) is 20.4 Å². The van der Waals surface area contributed by atoms with E-state index in [2.05, 4.69) is 39.5 Å². The molecule has 2 N–H and O–H groups in total. The maximum Gasteiger partial charge on any atom is 0.319 e. The number of carbonyl (C=O) groups excluding carboxylic acids is 1. The molecule has 2 aromatic heterocycles. The molecule has 6 heteroatoms. The molecule has 0 saturated carbocycles. The molecule has 0 bridgehead atoms. The first-order valence-corrected chi connectivity index (χ1v) is 8.76. The standard InChI is InChI=1S/C18H20N4OS/c1-13-17(15-8-11-24-12-15)14(2)22(21-13)10-9-19-18(23)20-16-6-4-3-5-7-16/h3-8,11-12H,9-10H2,1-2H3,(H2,19,20,23). The van der Waals surface area contributed by atoms with Crippen LogP contribution in [-0.4, -0.2) is 22.4 Å². The van der Waals surface area contributed by atoms with Gasteiger partial charge in [0, 0.05) is 23.5 Å². The molecule has 2 amide bonds. The number of benzene rings is 1. The van der Waals surface area contributed by atoms with Crippen LogP contribution in [0.1, 0.15) is 11.4 Å². The number of aromatic nitrogens is 2. The summed E-state index contributed by atoms with van der Waals surface area (Å²) in [6.45, 7) is 5.24. The van der Waals surface area contributed by atoms with Crippen LogP contribution in [-0.2, 0) is 6.54 Å². The smallest absolute Gasteiger partial charge is 0.319 e. The van der Waals surface area contributed by atoms with Crippen LogP contribution in [0.2, 0.25) is 0 Å². The number of carbonyl (C=O) groups is 1. The fourth-order valence-electron chi connectivity index (χ4n) is 2.71. The predicted octanol–water partition coefficient (Wildman–Crippen LogP) is 4.05. The van der Waals surface area contributed by atoms with Gasteiger partial charge in [-0.15, -0.1) is 0 Å². The van der Waals surface area contributed by atoms with E-state index in [-0.39, 0.29) is 6.03 Å². The van der Waals surface area contributed by atoms with Gasteiger partial charge in [-0.2, -0.15) is 16.4 Å². The van der Waals surface area contributed by atoms with Crippen LogP contribution < -0.4 is 10.6 Å². The second kappa shape index (κ2) is 7.31. The highest BCUT2D eigenvalue weighted by Crippen LogP contribution is 2.28. The van der Waals surface area contributed by atoms with E-state index < -0.39 is 0 Å². The number of hydrogen-bond acceptors (Lipinski definition) is 3. The third-order valence-electron chi connectivity index (χ3n) is 3.83. The fraction of sp³-hybridized carbons (Fsp3) is 0.222. The number of urea groups is 1. The quantitative estimate of drug-likeness (QED) is 0.736. The number of thiophene rings is 1. The van der Waals surface area contributed by atoms with Gasteiger partial charge in [0.15, 0.2) is 0 Å². The van der Waals surface area contributed by atoms with Gasteiger partial charge in [-0.25, -0.2) is 4.79 Å². The van der Waals surface area contributed by atoms with Gasteiger partial charge in [0.25, 0.3) is 0 Å². The first kappa shape index (κ1) is 16.3. The summed E-state index contributed by atoms with van der Waals surface area (Å²) in [7, 11) is 0. The van der Waals surface area contributed by atoms with E-state index in [9.17, 15) is 4.79 Å². The second-order valence-electron chi connectivity index (χ2n) is 5.53. The number of amides is 2. The lowest BCUT2D eigenvalue weighted by atomic mass is 10.1. The Labute approximate surface area is 145 Å². The van der Waals surface area contributed by atoms with Crippen molar-refractivity contribution < 1.29 is 4.79 Å². The lowest BCUT2D eigenvalue weighted by molar-refractivity contribution is 0.251. The highest BCUT2D eigenvalue weighted by atomic mass is 32.1. The zero-order valence-corrected chi connectivity index (χ0v) is 14.6. The minimum absolute atomic E-state index is 0.208. The molecule has 3 aromatic rings. The van der Waals surface area contributed by atoms with Gasteiger partial charge in [0.05, 0.1) is 12.2 Å². The molecular formula is C18H20N4OS. The number of rotatable bonds is 5. The minimum atomic E-state index is -0.208. The highest BCUT2D eigenvalue weighted by Gasteiger charge is 2.13. The van der Waals surface area contributed by atoms with E-state index in [1.54, 1.807) is 11.3 Å². The first-order valence-electron chi connectivity index (χ1n) is 7.81. The van der Waals surface area contributed by atoms with Crippen LogP contribution in [0.15, 0.2) is 47.2 Å². The van der Waals surface area contributed by atoms with E-state index in [1.807, 2.05) is 41.9 Å². The fourth-order valence-corrected chi connectivity index (χ4v) is 3.36. The van der Waals surface area contributed by atoms with E-state index in [1.165, 1.54) is 11.1 Å². The summed E-state index contributed by atoms with van der Waals surface area (Å²) in [5, 5.41) is 14.5. The van der Waals surface area contributed by atoms with Crippen molar-refractivity contribution in [3.05, 3.63) is 58.5 Å². The summed E-state index contributed by atoms with van der Waals surface area (Å²) >= 11 is 1.68. The van der Waals surface area contributed by atoms with Crippen molar-refractivity contribution in [2.75, 3.05) is 11.9 Å². The largest absolute Gasteiger partial charge is 0.336 e. The maximum absolute atomic E-state index is 11.9. The summed E-state index contributed by atoms with van der Waals surface area (Å²) in [5.41, 5.74) is 5.30. The molecule has 1 aromatic carbocycles. The Balaban J connectivity index is 1.58. The van der Waals surface area contributed by atoms with Crippen LogP contribution in [0.3, 0.4) is 0 Å². The van der Waals surface area contributed by atoms with Gasteiger partial charge in [-0.05, 0) is 48.4 Å². The molecule has 0 saturated heterocycles. The van der Waals surface area contributed by atoms with Crippen molar-refractivity contribution in [3.63, 3.8) is 0 Å². The Bertz CT molecular complexity index is 809. The molecule has 5 nitrogen and oxygen atoms in total. The number of para-hydroxylation sites is 1. The zero-order valence-electron chi connectivity index (χ0n) is 13.7. The molecule has 0 aliphatic carbocycles. The Kier molecular flexibility index (Phi) is 4.96. The lowest BCUT2D eigenvalue weighted by Gasteiger charge is -2.09. The van der Waals surface area contributed by atoms with Crippen LogP contribution in [0.4, 0.5) is 10.5 Å². The normalized spacial score (nSPS) is 10.6. The summed E-state index contributed by atoms with van der Waals surface area (Å²) in [6, 6.07) is 11.3. The Morgan fingerprint density at radius 2 is 2.00 bits per heavy atom. The summed E-state index contributed by atoms with van der Waals surface area (Å²) in [5.74, 6) is 0. The summed E-state index contributed by atoms with van der Waals surface area (Å²) in [6.07, 6.45) is 0. The maximum atomic E-state index is 11.9. The van der Waals surface area contributed by atoms with Crippen molar-refractivity contribution in [2.24, 2.45) is 0 Å². The topological polar surface area (TPSA) is 59.0 Å². The highest BCUT2D eigenvalue weighted by molar-refractivity contribution is 7.08. The van der Waals surface area contributed by atoms with Gasteiger partial charge < -0.3 is 10.6 Å². The van der Waals surface area contributed by atoms with E-state index >= 15 is 0 Å². The van der Waals surface area contributed by atoms with Crippen LogP contribution in [0, 0.1) is 13.8 Å². The summed E-state index contributed by atoms with van der Waals surface area (Å²) < 4.78 is 1.95. The monoisotopic (exact) mass is 340 g/mol. The third-order valence-corrected chi connectivity index (χ3v) is 4.52. The zero-order chi connectivity index (χ0) is 16.9. The molecule has 0 aliphatic rings. The molecule has 2 heterocycles. The van der Waals surface area contributed by atoms with Crippen LogP contribution in [0.25, 0.3) is 11.1 Å². The number of nitrogens with one attached hydrogen (secondary N) is 2. The molecule has 0 unspecified atom stereocenters. The molecule has 0 fully saturated rings. The number of anilines is 1. The lowest BCUT2D eigenvalue weighted by Crippen LogP contribution is -2.31. The van der Waals surface area contributed by atoms with Gasteiger partial charge in [-0.3, -0.25) is 4.68 Å². The minimum Gasteiger partial charge on any atom is -0.336 e. The Morgan fingerprint density at radius 1 is 1.21 bits per heavy atom. The number of hydrogen-bond donors (Lipinski definition) is 2. The third kappa shape index (κ3) is 3.65. The molecule has 3 rings (SSSR count). The summed E-state index contributed by atoms with van der Waals surface area (Å²) in [4.78, 5) is 11.9. The number of aryl methyl sites for hydroxylation is 1. The Morgan fingerprint density at radius 3 is 2.71 bits per heavy atom. The molecule has 0 radical (unpaired) electrons. The van der Waals surface area contributed by atoms with Crippen molar-refractivity contribution in [1.29, 1.82) is 0 Å². The van der Waals surface area contributed by atoms with Crippen molar-refractivity contribution in [1.82, 2.24) is 15.1 Å². The van der Waals surface area contributed by atoms with Crippen molar-refractivity contribution in [3.8, 4) is 11.1 Å².